The summed E-state index contributed by atoms with van der Waals surface area (Å²) in [7, 11) is 0. The molecule has 0 unspecified atom stereocenters. The maximum atomic E-state index is 14.3. The van der Waals surface area contributed by atoms with Gasteiger partial charge in [-0.05, 0) is 32.4 Å². The molecule has 1 rings (SSSR count). The van der Waals surface area contributed by atoms with Gasteiger partial charge in [0.1, 0.15) is 17.3 Å². The molecule has 0 amide bonds. The van der Waals surface area contributed by atoms with Crippen molar-refractivity contribution in [2.75, 3.05) is 11.4 Å². The van der Waals surface area contributed by atoms with Crippen molar-refractivity contribution in [2.45, 2.75) is 46.1 Å². The molecule has 3 N–H and O–H groups in total. The Hall–Kier alpha value is -1.85. The fourth-order valence-electron chi connectivity index (χ4n) is 2.21. The molecule has 0 fully saturated rings. The minimum Gasteiger partial charge on any atom is -0.409 e. The van der Waals surface area contributed by atoms with Crippen molar-refractivity contribution >= 4 is 11.5 Å². The summed E-state index contributed by atoms with van der Waals surface area (Å²) in [6.45, 7) is 6.44. The van der Waals surface area contributed by atoms with Gasteiger partial charge in [0, 0.05) is 18.2 Å². The lowest BCUT2D eigenvalue weighted by molar-refractivity contribution is 0.318. The van der Waals surface area contributed by atoms with Crippen molar-refractivity contribution in [1.29, 1.82) is 0 Å². The van der Waals surface area contributed by atoms with Crippen LogP contribution in [0.3, 0.4) is 0 Å². The maximum Gasteiger partial charge on any atom is 0.170 e. The molecule has 118 valence electrons. The molecule has 1 aromatic rings. The molecule has 21 heavy (non-hydrogen) atoms. The van der Waals surface area contributed by atoms with Crippen LogP contribution in [0, 0.1) is 11.6 Å². The summed E-state index contributed by atoms with van der Waals surface area (Å²) in [6.07, 6.45) is 2.92. The van der Waals surface area contributed by atoms with E-state index >= 15 is 0 Å². The third kappa shape index (κ3) is 4.31. The largest absolute Gasteiger partial charge is 0.409 e. The van der Waals surface area contributed by atoms with Gasteiger partial charge in [-0.1, -0.05) is 24.9 Å². The average molecular weight is 299 g/mol. The van der Waals surface area contributed by atoms with Crippen LogP contribution in [0.25, 0.3) is 0 Å². The van der Waals surface area contributed by atoms with Crippen LogP contribution in [0.1, 0.15) is 45.6 Å². The van der Waals surface area contributed by atoms with E-state index in [0.29, 0.717) is 6.54 Å². The van der Waals surface area contributed by atoms with Crippen LogP contribution >= 0.6 is 0 Å². The Morgan fingerprint density at radius 3 is 2.29 bits per heavy atom. The van der Waals surface area contributed by atoms with Crippen molar-refractivity contribution < 1.29 is 14.0 Å². The summed E-state index contributed by atoms with van der Waals surface area (Å²) in [5, 5.41) is 11.3. The van der Waals surface area contributed by atoms with Crippen LogP contribution in [-0.4, -0.2) is 23.6 Å². The Kier molecular flexibility index (Phi) is 6.39. The van der Waals surface area contributed by atoms with Gasteiger partial charge in [-0.15, -0.1) is 0 Å². The minimum atomic E-state index is -0.707. The second-order valence-electron chi connectivity index (χ2n) is 5.27. The van der Waals surface area contributed by atoms with Gasteiger partial charge >= 0.3 is 0 Å². The smallest absolute Gasteiger partial charge is 0.170 e. The van der Waals surface area contributed by atoms with Crippen molar-refractivity contribution in [1.82, 2.24) is 0 Å². The predicted octanol–water partition coefficient (Wildman–Crippen LogP) is 3.46. The van der Waals surface area contributed by atoms with E-state index in [9.17, 15) is 8.78 Å². The zero-order chi connectivity index (χ0) is 16.0. The lowest BCUT2D eigenvalue weighted by atomic mass is 10.1. The third-order valence-electron chi connectivity index (χ3n) is 3.33. The number of rotatable bonds is 7. The molecular weight excluding hydrogens is 276 g/mol. The summed E-state index contributed by atoms with van der Waals surface area (Å²) in [4.78, 5) is 1.70. The number of anilines is 1. The monoisotopic (exact) mass is 299 g/mol. The highest BCUT2D eigenvalue weighted by Crippen LogP contribution is 2.27. The highest BCUT2D eigenvalue weighted by molar-refractivity contribution is 5.97. The molecule has 6 heteroatoms. The van der Waals surface area contributed by atoms with E-state index in [1.54, 1.807) is 4.90 Å². The summed E-state index contributed by atoms with van der Waals surface area (Å²) >= 11 is 0. The van der Waals surface area contributed by atoms with Crippen molar-refractivity contribution in [2.24, 2.45) is 10.9 Å². The van der Waals surface area contributed by atoms with Crippen LogP contribution in [0.2, 0.25) is 0 Å². The molecule has 0 spiro atoms. The third-order valence-corrected chi connectivity index (χ3v) is 3.33. The highest BCUT2D eigenvalue weighted by Gasteiger charge is 2.21. The summed E-state index contributed by atoms with van der Waals surface area (Å²) in [5.74, 6) is -1.73. The van der Waals surface area contributed by atoms with Gasteiger partial charge in [0.25, 0.3) is 0 Å². The number of nitrogens with two attached hydrogens (primary N) is 1. The van der Waals surface area contributed by atoms with Gasteiger partial charge < -0.3 is 15.8 Å². The summed E-state index contributed by atoms with van der Waals surface area (Å²) in [5.41, 5.74) is 5.33. The number of hydrogen-bond acceptors (Lipinski definition) is 3. The van der Waals surface area contributed by atoms with E-state index in [-0.39, 0.29) is 23.1 Å². The Morgan fingerprint density at radius 1 is 1.29 bits per heavy atom. The summed E-state index contributed by atoms with van der Waals surface area (Å²) in [6, 6.07) is 2.14. The molecule has 0 heterocycles. The molecule has 0 aromatic heterocycles. The Morgan fingerprint density at radius 2 is 1.86 bits per heavy atom. The number of benzene rings is 1. The topological polar surface area (TPSA) is 61.8 Å². The average Bonchev–Trinajstić information content (AvgIpc) is 2.43. The first-order valence-electron chi connectivity index (χ1n) is 7.15. The number of halogens is 2. The molecule has 0 atom stereocenters. The lowest BCUT2D eigenvalue weighted by Gasteiger charge is -2.30. The molecule has 0 saturated heterocycles. The van der Waals surface area contributed by atoms with E-state index in [1.165, 1.54) is 0 Å². The number of amidine groups is 1. The van der Waals surface area contributed by atoms with Crippen molar-refractivity contribution in [3.05, 3.63) is 29.3 Å². The molecule has 4 nitrogen and oxygen atoms in total. The van der Waals surface area contributed by atoms with Crippen LogP contribution in [-0.2, 0) is 0 Å². The molecular formula is C15H23F2N3O. The van der Waals surface area contributed by atoms with Crippen LogP contribution in [0.4, 0.5) is 14.5 Å². The molecule has 0 saturated carbocycles. The minimum absolute atomic E-state index is 0.0218. The molecule has 0 aliphatic rings. The number of nitrogens with zero attached hydrogens (tertiary/aromatic N) is 2. The Balaban J connectivity index is 3.14. The second kappa shape index (κ2) is 7.81. The van der Waals surface area contributed by atoms with Gasteiger partial charge in [0.15, 0.2) is 5.84 Å². The van der Waals surface area contributed by atoms with Crippen molar-refractivity contribution in [3.8, 4) is 0 Å². The summed E-state index contributed by atoms with van der Waals surface area (Å²) < 4.78 is 28.5. The quantitative estimate of drug-likeness (QED) is 0.266. The second-order valence-corrected chi connectivity index (χ2v) is 5.27. The van der Waals surface area contributed by atoms with Crippen LogP contribution in [0.5, 0.6) is 0 Å². The van der Waals surface area contributed by atoms with E-state index < -0.39 is 11.6 Å². The highest BCUT2D eigenvalue weighted by atomic mass is 19.1. The first-order valence-corrected chi connectivity index (χ1v) is 7.15. The molecule has 0 aliphatic carbocycles. The van der Waals surface area contributed by atoms with Crippen LogP contribution < -0.4 is 10.6 Å². The van der Waals surface area contributed by atoms with Gasteiger partial charge in [-0.3, -0.25) is 0 Å². The van der Waals surface area contributed by atoms with E-state index in [0.717, 1.165) is 31.4 Å². The van der Waals surface area contributed by atoms with Gasteiger partial charge in [-0.2, -0.15) is 0 Å². The van der Waals surface area contributed by atoms with E-state index in [4.69, 9.17) is 10.9 Å². The Bertz CT molecular complexity index is 481. The maximum absolute atomic E-state index is 14.3. The van der Waals surface area contributed by atoms with Crippen molar-refractivity contribution in [3.63, 3.8) is 0 Å². The van der Waals surface area contributed by atoms with Gasteiger partial charge in [-0.25, -0.2) is 8.78 Å². The van der Waals surface area contributed by atoms with E-state index in [1.807, 2.05) is 13.8 Å². The SMILES string of the molecule is CCCCCN(c1c(F)cc(C(N)=NO)cc1F)C(C)C. The molecule has 1 aromatic carbocycles. The molecule has 0 bridgehead atoms. The van der Waals surface area contributed by atoms with E-state index in [2.05, 4.69) is 12.1 Å². The first-order chi connectivity index (χ1) is 9.92. The number of hydrogen-bond donors (Lipinski definition) is 2. The molecule has 0 aliphatic heterocycles. The van der Waals surface area contributed by atoms with Crippen LogP contribution in [0.15, 0.2) is 17.3 Å². The number of oxime groups is 1. The zero-order valence-electron chi connectivity index (χ0n) is 12.7. The Labute approximate surface area is 124 Å². The fraction of sp³-hybridized carbons (Fsp3) is 0.533. The lowest BCUT2D eigenvalue weighted by Crippen LogP contribution is -2.33. The van der Waals surface area contributed by atoms with Gasteiger partial charge in [0.05, 0.1) is 0 Å². The normalized spacial score (nSPS) is 12.0. The zero-order valence-corrected chi connectivity index (χ0v) is 12.7. The number of unbranched alkanes of at least 4 members (excludes halogenated alkanes) is 2. The predicted molar refractivity (Wildman–Crippen MR) is 80.9 cm³/mol. The molecule has 0 radical (unpaired) electrons. The fourth-order valence-corrected chi connectivity index (χ4v) is 2.21. The first kappa shape index (κ1) is 17.2. The van der Waals surface area contributed by atoms with Gasteiger partial charge in [0.2, 0.25) is 0 Å². The standard InChI is InChI=1S/C15H23F2N3O/c1-4-5-6-7-20(10(2)3)14-12(16)8-11(9-13(14)17)15(18)19-21/h8-10,21H,4-7H2,1-3H3,(H2,18,19).